The summed E-state index contributed by atoms with van der Waals surface area (Å²) in [6.45, 7) is 0. The normalized spacial score (nSPS) is 13.5. The number of carbonyl (C=O) groups excluding carboxylic acids is 1. The van der Waals surface area contributed by atoms with Crippen LogP contribution < -0.4 is 4.74 Å². The number of aliphatic hydroxyl groups is 2. The number of nitriles is 1. The van der Waals surface area contributed by atoms with Gasteiger partial charge in [-0.3, -0.25) is 4.79 Å². The molecule has 1 aromatic carbocycles. The maximum atomic E-state index is 10.7. The predicted molar refractivity (Wildman–Crippen MR) is 59.6 cm³/mol. The van der Waals surface area contributed by atoms with Crippen molar-refractivity contribution in [1.82, 2.24) is 0 Å². The van der Waals surface area contributed by atoms with Crippen LogP contribution in [-0.4, -0.2) is 29.7 Å². The molecule has 17 heavy (non-hydrogen) atoms. The molecule has 1 aromatic rings. The zero-order chi connectivity index (χ0) is 12.8. The van der Waals surface area contributed by atoms with Gasteiger partial charge in [-0.2, -0.15) is 5.26 Å². The van der Waals surface area contributed by atoms with Crippen molar-refractivity contribution in [1.29, 1.82) is 5.26 Å². The number of ether oxygens (including phenoxy) is 1. The summed E-state index contributed by atoms with van der Waals surface area (Å²) in [7, 11) is 1.41. The van der Waals surface area contributed by atoms with E-state index in [4.69, 9.17) is 10.00 Å². The number of benzene rings is 1. The Balaban J connectivity index is 2.99. The Morgan fingerprint density at radius 1 is 1.53 bits per heavy atom. The highest BCUT2D eigenvalue weighted by atomic mass is 16.5. The number of hydrogen-bond donors (Lipinski definition) is 2. The van der Waals surface area contributed by atoms with Gasteiger partial charge < -0.3 is 14.9 Å². The summed E-state index contributed by atoms with van der Waals surface area (Å²) < 4.78 is 4.98. The quantitative estimate of drug-likeness (QED) is 0.737. The van der Waals surface area contributed by atoms with Crippen LogP contribution in [0.2, 0.25) is 0 Å². The monoisotopic (exact) mass is 235 g/mol. The Morgan fingerprint density at radius 3 is 2.76 bits per heavy atom. The van der Waals surface area contributed by atoms with Crippen LogP contribution in [0.5, 0.6) is 5.75 Å². The molecule has 0 saturated heterocycles. The van der Waals surface area contributed by atoms with Gasteiger partial charge in [0.25, 0.3) is 0 Å². The molecule has 0 saturated carbocycles. The zero-order valence-electron chi connectivity index (χ0n) is 9.33. The Morgan fingerprint density at radius 2 is 2.24 bits per heavy atom. The van der Waals surface area contributed by atoms with E-state index in [9.17, 15) is 15.0 Å². The largest absolute Gasteiger partial charge is 0.496 e. The summed E-state index contributed by atoms with van der Waals surface area (Å²) in [4.78, 5) is 10.7. The average Bonchev–Trinajstić information content (AvgIpc) is 2.37. The smallest absolute Gasteiger partial charge is 0.153 e. The van der Waals surface area contributed by atoms with Crippen LogP contribution in [0.1, 0.15) is 28.4 Å². The molecule has 0 aliphatic carbocycles. The Bertz CT molecular complexity index is 439. The molecule has 0 bridgehead atoms. The lowest BCUT2D eigenvalue weighted by molar-refractivity contribution is 0.0215. The lowest BCUT2D eigenvalue weighted by Crippen LogP contribution is -2.17. The predicted octanol–water partition coefficient (Wildman–Crippen LogP) is 0.816. The van der Waals surface area contributed by atoms with Gasteiger partial charge in [0.05, 0.1) is 31.3 Å². The van der Waals surface area contributed by atoms with Crippen LogP contribution in [0.15, 0.2) is 18.2 Å². The molecule has 0 radical (unpaired) electrons. The minimum atomic E-state index is -1.18. The van der Waals surface area contributed by atoms with Crippen LogP contribution in [0, 0.1) is 11.3 Å². The molecular formula is C12H13NO4. The number of methoxy groups -OCH3 is 1. The van der Waals surface area contributed by atoms with Gasteiger partial charge in [0.1, 0.15) is 11.9 Å². The van der Waals surface area contributed by atoms with Crippen molar-refractivity contribution >= 4 is 6.29 Å². The highest BCUT2D eigenvalue weighted by molar-refractivity contribution is 5.79. The molecule has 0 spiro atoms. The van der Waals surface area contributed by atoms with E-state index in [0.717, 1.165) is 0 Å². The van der Waals surface area contributed by atoms with Crippen molar-refractivity contribution in [3.05, 3.63) is 29.3 Å². The summed E-state index contributed by atoms with van der Waals surface area (Å²) in [5, 5.41) is 27.7. The lowest BCUT2D eigenvalue weighted by Gasteiger charge is -2.16. The molecule has 1 rings (SSSR count). The first-order valence-electron chi connectivity index (χ1n) is 5.00. The molecule has 0 heterocycles. The van der Waals surface area contributed by atoms with E-state index < -0.39 is 12.2 Å². The minimum absolute atomic E-state index is 0.168. The van der Waals surface area contributed by atoms with Gasteiger partial charge in [0, 0.05) is 0 Å². The third-order valence-corrected chi connectivity index (χ3v) is 2.39. The van der Waals surface area contributed by atoms with Crippen LogP contribution in [-0.2, 0) is 0 Å². The van der Waals surface area contributed by atoms with E-state index in [1.165, 1.54) is 25.3 Å². The molecule has 0 amide bonds. The van der Waals surface area contributed by atoms with Crippen molar-refractivity contribution in [2.45, 2.75) is 18.6 Å². The van der Waals surface area contributed by atoms with E-state index in [-0.39, 0.29) is 6.42 Å². The Hall–Kier alpha value is -1.90. The Labute approximate surface area is 98.9 Å². The van der Waals surface area contributed by atoms with Gasteiger partial charge >= 0.3 is 0 Å². The molecule has 2 N–H and O–H groups in total. The van der Waals surface area contributed by atoms with Crippen molar-refractivity contribution < 1.29 is 19.7 Å². The third-order valence-electron chi connectivity index (χ3n) is 2.39. The second-order valence-corrected chi connectivity index (χ2v) is 3.49. The number of nitrogens with zero attached hydrogens (tertiary/aromatic N) is 1. The van der Waals surface area contributed by atoms with Crippen molar-refractivity contribution in [3.8, 4) is 11.8 Å². The summed E-state index contributed by atoms with van der Waals surface area (Å²) in [5.41, 5.74) is 0.758. The standard InChI is InChI=1S/C12H13NO4/c1-17-11-6-8(2-3-9(11)7-14)12(16)10(15)4-5-13/h2-3,6-7,10,12,15-16H,4H2,1H3. The van der Waals surface area contributed by atoms with Crippen LogP contribution in [0.3, 0.4) is 0 Å². The first kappa shape index (κ1) is 13.2. The topological polar surface area (TPSA) is 90.5 Å². The molecule has 0 aliphatic rings. The molecule has 2 atom stereocenters. The van der Waals surface area contributed by atoms with E-state index in [0.29, 0.717) is 23.2 Å². The van der Waals surface area contributed by atoms with E-state index in [2.05, 4.69) is 0 Å². The molecule has 90 valence electrons. The zero-order valence-corrected chi connectivity index (χ0v) is 9.33. The molecule has 2 unspecified atom stereocenters. The van der Waals surface area contributed by atoms with Gasteiger partial charge in [-0.1, -0.05) is 6.07 Å². The molecular weight excluding hydrogens is 222 g/mol. The maximum Gasteiger partial charge on any atom is 0.153 e. The highest BCUT2D eigenvalue weighted by Gasteiger charge is 2.19. The fraction of sp³-hybridized carbons (Fsp3) is 0.333. The van der Waals surface area contributed by atoms with Crippen LogP contribution >= 0.6 is 0 Å². The summed E-state index contributed by atoms with van der Waals surface area (Å²) >= 11 is 0. The maximum absolute atomic E-state index is 10.7. The van der Waals surface area contributed by atoms with Crippen molar-refractivity contribution in [3.63, 3.8) is 0 Å². The molecule has 0 aromatic heterocycles. The molecule has 5 heteroatoms. The Kier molecular flexibility index (Phi) is 4.64. The van der Waals surface area contributed by atoms with Gasteiger partial charge in [-0.25, -0.2) is 0 Å². The van der Waals surface area contributed by atoms with Gasteiger partial charge in [-0.05, 0) is 17.7 Å². The SMILES string of the molecule is COc1cc(C(O)C(O)CC#N)ccc1C=O. The van der Waals surface area contributed by atoms with Gasteiger partial charge in [0.15, 0.2) is 6.29 Å². The second-order valence-electron chi connectivity index (χ2n) is 3.49. The summed E-state index contributed by atoms with van der Waals surface area (Å²) in [6.07, 6.45) is -1.87. The number of aliphatic hydroxyl groups excluding tert-OH is 2. The third kappa shape index (κ3) is 3.03. The number of hydrogen-bond acceptors (Lipinski definition) is 5. The number of carbonyl (C=O) groups is 1. The lowest BCUT2D eigenvalue weighted by atomic mass is 10.0. The number of rotatable bonds is 5. The highest BCUT2D eigenvalue weighted by Crippen LogP contribution is 2.25. The van der Waals surface area contributed by atoms with Crippen LogP contribution in [0.4, 0.5) is 0 Å². The van der Waals surface area contributed by atoms with Crippen molar-refractivity contribution in [2.75, 3.05) is 7.11 Å². The molecule has 0 aliphatic heterocycles. The second kappa shape index (κ2) is 5.99. The van der Waals surface area contributed by atoms with Gasteiger partial charge in [0.2, 0.25) is 0 Å². The van der Waals surface area contributed by atoms with E-state index in [1.807, 2.05) is 0 Å². The summed E-state index contributed by atoms with van der Waals surface area (Å²) in [5.74, 6) is 0.320. The van der Waals surface area contributed by atoms with E-state index >= 15 is 0 Å². The molecule has 5 nitrogen and oxygen atoms in total. The fourth-order valence-corrected chi connectivity index (χ4v) is 1.44. The summed E-state index contributed by atoms with van der Waals surface area (Å²) in [6, 6.07) is 6.24. The van der Waals surface area contributed by atoms with Gasteiger partial charge in [-0.15, -0.1) is 0 Å². The first-order valence-corrected chi connectivity index (χ1v) is 5.00. The minimum Gasteiger partial charge on any atom is -0.496 e. The fourth-order valence-electron chi connectivity index (χ4n) is 1.44. The average molecular weight is 235 g/mol. The number of aldehydes is 1. The van der Waals surface area contributed by atoms with E-state index in [1.54, 1.807) is 6.07 Å². The first-order chi connectivity index (χ1) is 8.13. The van der Waals surface area contributed by atoms with Crippen molar-refractivity contribution in [2.24, 2.45) is 0 Å². The molecule has 0 fully saturated rings. The van der Waals surface area contributed by atoms with Crippen LogP contribution in [0.25, 0.3) is 0 Å².